The SMILES string of the molecule is Cc1ccc(C(=O)NCC(=O)NCCCn2cccn2)cc1C. The van der Waals surface area contributed by atoms with Crippen LogP contribution in [0.15, 0.2) is 36.7 Å². The van der Waals surface area contributed by atoms with Gasteiger partial charge in [0.1, 0.15) is 0 Å². The van der Waals surface area contributed by atoms with Crippen LogP contribution in [-0.4, -0.2) is 34.7 Å². The van der Waals surface area contributed by atoms with E-state index in [0.717, 1.165) is 24.1 Å². The van der Waals surface area contributed by atoms with Crippen molar-refractivity contribution in [2.75, 3.05) is 13.1 Å². The molecule has 122 valence electrons. The number of aryl methyl sites for hydroxylation is 3. The van der Waals surface area contributed by atoms with E-state index in [2.05, 4.69) is 15.7 Å². The summed E-state index contributed by atoms with van der Waals surface area (Å²) in [4.78, 5) is 23.7. The molecule has 23 heavy (non-hydrogen) atoms. The van der Waals surface area contributed by atoms with E-state index in [1.807, 2.05) is 42.9 Å². The van der Waals surface area contributed by atoms with Crippen LogP contribution in [0.1, 0.15) is 27.9 Å². The number of aromatic nitrogens is 2. The zero-order valence-corrected chi connectivity index (χ0v) is 13.5. The third-order valence-corrected chi connectivity index (χ3v) is 3.62. The Hall–Kier alpha value is -2.63. The molecule has 0 spiro atoms. The summed E-state index contributed by atoms with van der Waals surface area (Å²) < 4.78 is 1.81. The first-order chi connectivity index (χ1) is 11.1. The summed E-state index contributed by atoms with van der Waals surface area (Å²) in [6.45, 7) is 5.24. The van der Waals surface area contributed by atoms with Gasteiger partial charge in [-0.1, -0.05) is 6.07 Å². The molecule has 0 bridgehead atoms. The molecule has 0 aliphatic rings. The van der Waals surface area contributed by atoms with Crippen molar-refractivity contribution in [3.63, 3.8) is 0 Å². The third kappa shape index (κ3) is 5.25. The molecule has 0 unspecified atom stereocenters. The van der Waals surface area contributed by atoms with Crippen LogP contribution in [-0.2, 0) is 11.3 Å². The van der Waals surface area contributed by atoms with Gasteiger partial charge in [0.2, 0.25) is 5.91 Å². The summed E-state index contributed by atoms with van der Waals surface area (Å²) in [5, 5.41) is 9.50. The minimum absolute atomic E-state index is 0.0203. The van der Waals surface area contributed by atoms with Gasteiger partial charge in [-0.2, -0.15) is 5.10 Å². The second-order valence-electron chi connectivity index (χ2n) is 5.45. The minimum Gasteiger partial charge on any atom is -0.355 e. The fourth-order valence-corrected chi connectivity index (χ4v) is 2.11. The maximum Gasteiger partial charge on any atom is 0.251 e. The first-order valence-electron chi connectivity index (χ1n) is 7.66. The lowest BCUT2D eigenvalue weighted by atomic mass is 10.1. The van der Waals surface area contributed by atoms with E-state index < -0.39 is 0 Å². The van der Waals surface area contributed by atoms with Crippen molar-refractivity contribution in [1.82, 2.24) is 20.4 Å². The predicted molar refractivity (Wildman–Crippen MR) is 88.1 cm³/mol. The molecule has 2 rings (SSSR count). The van der Waals surface area contributed by atoms with Gasteiger partial charge in [-0.3, -0.25) is 14.3 Å². The molecule has 6 heteroatoms. The van der Waals surface area contributed by atoms with Crippen LogP contribution < -0.4 is 10.6 Å². The molecule has 1 aromatic heterocycles. The van der Waals surface area contributed by atoms with Crippen LogP contribution in [0.3, 0.4) is 0 Å². The monoisotopic (exact) mass is 314 g/mol. The average Bonchev–Trinajstić information content (AvgIpc) is 3.05. The molecular formula is C17H22N4O2. The van der Waals surface area contributed by atoms with Gasteiger partial charge in [-0.15, -0.1) is 0 Å². The zero-order chi connectivity index (χ0) is 16.7. The number of carbonyl (C=O) groups is 2. The molecule has 2 amide bonds. The Labute approximate surface area is 135 Å². The largest absolute Gasteiger partial charge is 0.355 e. The lowest BCUT2D eigenvalue weighted by Gasteiger charge is -2.08. The molecule has 6 nitrogen and oxygen atoms in total. The Balaban J connectivity index is 1.67. The molecule has 0 fully saturated rings. The Bertz CT molecular complexity index is 665. The van der Waals surface area contributed by atoms with Gasteiger partial charge in [0.15, 0.2) is 0 Å². The quantitative estimate of drug-likeness (QED) is 0.759. The van der Waals surface area contributed by atoms with Crippen molar-refractivity contribution in [1.29, 1.82) is 0 Å². The fourth-order valence-electron chi connectivity index (χ4n) is 2.11. The molecule has 0 aliphatic carbocycles. The van der Waals surface area contributed by atoms with E-state index in [1.165, 1.54) is 0 Å². The number of nitrogens with zero attached hydrogens (tertiary/aromatic N) is 2. The summed E-state index contributed by atoms with van der Waals surface area (Å²) >= 11 is 0. The topological polar surface area (TPSA) is 76.0 Å². The van der Waals surface area contributed by atoms with Gasteiger partial charge in [-0.05, 0) is 49.6 Å². The van der Waals surface area contributed by atoms with Crippen molar-refractivity contribution in [2.45, 2.75) is 26.8 Å². The lowest BCUT2D eigenvalue weighted by Crippen LogP contribution is -2.37. The fraction of sp³-hybridized carbons (Fsp3) is 0.353. The summed E-state index contributed by atoms with van der Waals surface area (Å²) in [6.07, 6.45) is 4.39. The molecule has 0 aliphatic heterocycles. The van der Waals surface area contributed by atoms with E-state index in [4.69, 9.17) is 0 Å². The zero-order valence-electron chi connectivity index (χ0n) is 13.5. The molecule has 0 radical (unpaired) electrons. The highest BCUT2D eigenvalue weighted by molar-refractivity contribution is 5.96. The normalized spacial score (nSPS) is 10.3. The van der Waals surface area contributed by atoms with E-state index in [1.54, 1.807) is 12.3 Å². The van der Waals surface area contributed by atoms with Crippen LogP contribution in [0.2, 0.25) is 0 Å². The Morgan fingerprint density at radius 2 is 2.00 bits per heavy atom. The second kappa shape index (κ2) is 8.12. The summed E-state index contributed by atoms with van der Waals surface area (Å²) in [5.41, 5.74) is 2.76. The van der Waals surface area contributed by atoms with Crippen LogP contribution >= 0.6 is 0 Å². The molecule has 2 N–H and O–H groups in total. The molecule has 0 saturated heterocycles. The summed E-state index contributed by atoms with van der Waals surface area (Å²) in [7, 11) is 0. The van der Waals surface area contributed by atoms with Gasteiger partial charge < -0.3 is 10.6 Å². The molecule has 2 aromatic rings. The van der Waals surface area contributed by atoms with E-state index in [9.17, 15) is 9.59 Å². The van der Waals surface area contributed by atoms with E-state index in [0.29, 0.717) is 12.1 Å². The van der Waals surface area contributed by atoms with Crippen LogP contribution in [0, 0.1) is 13.8 Å². The van der Waals surface area contributed by atoms with Crippen LogP contribution in [0.5, 0.6) is 0 Å². The number of hydrogen-bond acceptors (Lipinski definition) is 3. The Morgan fingerprint density at radius 1 is 1.17 bits per heavy atom. The number of amides is 2. The maximum atomic E-state index is 12.0. The Kier molecular flexibility index (Phi) is 5.91. The first-order valence-corrected chi connectivity index (χ1v) is 7.66. The van der Waals surface area contributed by atoms with Gasteiger partial charge in [0.25, 0.3) is 5.91 Å². The molecule has 1 aromatic carbocycles. The van der Waals surface area contributed by atoms with Crippen molar-refractivity contribution < 1.29 is 9.59 Å². The highest BCUT2D eigenvalue weighted by atomic mass is 16.2. The van der Waals surface area contributed by atoms with Gasteiger partial charge in [0, 0.05) is 31.0 Å². The van der Waals surface area contributed by atoms with Crippen LogP contribution in [0.25, 0.3) is 0 Å². The summed E-state index contributed by atoms with van der Waals surface area (Å²) in [5.74, 6) is -0.428. The number of carbonyl (C=O) groups excluding carboxylic acids is 2. The van der Waals surface area contributed by atoms with Crippen molar-refractivity contribution in [2.24, 2.45) is 0 Å². The van der Waals surface area contributed by atoms with E-state index in [-0.39, 0.29) is 18.4 Å². The minimum atomic E-state index is -0.236. The van der Waals surface area contributed by atoms with Gasteiger partial charge >= 0.3 is 0 Å². The standard InChI is InChI=1S/C17H22N4O2/c1-13-5-6-15(11-14(13)2)17(23)19-12-16(22)18-7-3-9-21-10-4-8-20-21/h4-6,8,10-11H,3,7,9,12H2,1-2H3,(H,18,22)(H,19,23). The summed E-state index contributed by atoms with van der Waals surface area (Å²) in [6, 6.07) is 7.35. The Morgan fingerprint density at radius 3 is 2.70 bits per heavy atom. The third-order valence-electron chi connectivity index (χ3n) is 3.62. The molecule has 0 atom stereocenters. The first kappa shape index (κ1) is 16.7. The maximum absolute atomic E-state index is 12.0. The number of benzene rings is 1. The van der Waals surface area contributed by atoms with Crippen molar-refractivity contribution >= 4 is 11.8 Å². The molecular weight excluding hydrogens is 292 g/mol. The average molecular weight is 314 g/mol. The number of hydrogen-bond donors (Lipinski definition) is 2. The molecule has 1 heterocycles. The lowest BCUT2D eigenvalue weighted by molar-refractivity contribution is -0.120. The smallest absolute Gasteiger partial charge is 0.251 e. The van der Waals surface area contributed by atoms with Crippen molar-refractivity contribution in [3.8, 4) is 0 Å². The van der Waals surface area contributed by atoms with Crippen molar-refractivity contribution in [3.05, 3.63) is 53.3 Å². The molecule has 0 saturated carbocycles. The van der Waals surface area contributed by atoms with Crippen LogP contribution in [0.4, 0.5) is 0 Å². The second-order valence-corrected chi connectivity index (χ2v) is 5.45. The number of nitrogens with one attached hydrogen (secondary N) is 2. The highest BCUT2D eigenvalue weighted by Crippen LogP contribution is 2.09. The van der Waals surface area contributed by atoms with Gasteiger partial charge in [0.05, 0.1) is 6.54 Å². The predicted octanol–water partition coefficient (Wildman–Crippen LogP) is 1.44. The number of rotatable bonds is 7. The highest BCUT2D eigenvalue weighted by Gasteiger charge is 2.08. The van der Waals surface area contributed by atoms with E-state index >= 15 is 0 Å². The van der Waals surface area contributed by atoms with Gasteiger partial charge in [-0.25, -0.2) is 0 Å².